The molecule has 0 spiro atoms. The van der Waals surface area contributed by atoms with Gasteiger partial charge >= 0.3 is 6.03 Å². The number of urea groups is 1. The maximum atomic E-state index is 11.6. The molecule has 0 aliphatic heterocycles. The molecule has 1 atom stereocenters. The molecule has 3 N–H and O–H groups in total. The zero-order valence-corrected chi connectivity index (χ0v) is 11.7. The number of aliphatic hydroxyl groups excluding tert-OH is 1. The van der Waals surface area contributed by atoms with E-state index in [-0.39, 0.29) is 12.6 Å². The number of hydrogen-bond acceptors (Lipinski definition) is 4. The molecule has 0 radical (unpaired) electrons. The van der Waals surface area contributed by atoms with Crippen LogP contribution in [0.5, 0.6) is 0 Å². The second kappa shape index (κ2) is 7.68. The molecule has 1 aromatic heterocycles. The fourth-order valence-corrected chi connectivity index (χ4v) is 1.62. The van der Waals surface area contributed by atoms with E-state index in [0.717, 1.165) is 12.2 Å². The van der Waals surface area contributed by atoms with Gasteiger partial charge < -0.3 is 15.7 Å². The zero-order valence-electron chi connectivity index (χ0n) is 11.7. The van der Waals surface area contributed by atoms with Crippen LogP contribution in [-0.2, 0) is 6.42 Å². The predicted octanol–water partition coefficient (Wildman–Crippen LogP) is 1.57. The molecule has 0 saturated carbocycles. The summed E-state index contributed by atoms with van der Waals surface area (Å²) in [6.45, 7) is 6.25. The lowest BCUT2D eigenvalue weighted by molar-refractivity contribution is 0.148. The van der Waals surface area contributed by atoms with Gasteiger partial charge in [0, 0.05) is 13.0 Å². The molecule has 106 valence electrons. The number of rotatable bonds is 6. The quantitative estimate of drug-likeness (QED) is 0.729. The first-order chi connectivity index (χ1) is 9.01. The lowest BCUT2D eigenvalue weighted by Gasteiger charge is -2.14. The molecule has 0 saturated heterocycles. The molecule has 6 heteroatoms. The Labute approximate surface area is 113 Å². The zero-order chi connectivity index (χ0) is 14.3. The van der Waals surface area contributed by atoms with E-state index in [4.69, 9.17) is 0 Å². The van der Waals surface area contributed by atoms with E-state index in [2.05, 4.69) is 20.6 Å². The maximum absolute atomic E-state index is 11.6. The van der Waals surface area contributed by atoms with Crippen molar-refractivity contribution in [3.05, 3.63) is 18.2 Å². The molecule has 0 aliphatic rings. The Morgan fingerprint density at radius 3 is 2.53 bits per heavy atom. The van der Waals surface area contributed by atoms with Crippen molar-refractivity contribution in [3.63, 3.8) is 0 Å². The highest BCUT2D eigenvalue weighted by molar-refractivity contribution is 5.88. The van der Waals surface area contributed by atoms with Crippen LogP contribution in [0.15, 0.2) is 12.4 Å². The van der Waals surface area contributed by atoms with Crippen molar-refractivity contribution in [2.45, 2.75) is 39.7 Å². The van der Waals surface area contributed by atoms with E-state index in [1.54, 1.807) is 12.4 Å². The number of nitrogens with one attached hydrogen (secondary N) is 2. The minimum atomic E-state index is -0.524. The van der Waals surface area contributed by atoms with Crippen LogP contribution >= 0.6 is 0 Å². The average molecular weight is 266 g/mol. The van der Waals surface area contributed by atoms with Crippen molar-refractivity contribution in [1.82, 2.24) is 15.3 Å². The molecule has 19 heavy (non-hydrogen) atoms. The van der Waals surface area contributed by atoms with Gasteiger partial charge in [0.15, 0.2) is 0 Å². The normalized spacial score (nSPS) is 12.3. The predicted molar refractivity (Wildman–Crippen MR) is 73.9 cm³/mol. The van der Waals surface area contributed by atoms with E-state index >= 15 is 0 Å². The highest BCUT2D eigenvalue weighted by Crippen LogP contribution is 2.04. The lowest BCUT2D eigenvalue weighted by Crippen LogP contribution is -2.35. The molecule has 6 nitrogen and oxygen atoms in total. The van der Waals surface area contributed by atoms with Crippen LogP contribution in [0.2, 0.25) is 0 Å². The number of nitrogens with zero attached hydrogens (tertiary/aromatic N) is 2. The fraction of sp³-hybridized carbons (Fsp3) is 0.615. The van der Waals surface area contributed by atoms with E-state index in [0.29, 0.717) is 18.0 Å². The van der Waals surface area contributed by atoms with Gasteiger partial charge in [0.1, 0.15) is 5.82 Å². The van der Waals surface area contributed by atoms with Crippen LogP contribution < -0.4 is 10.6 Å². The highest BCUT2D eigenvalue weighted by Gasteiger charge is 2.09. The van der Waals surface area contributed by atoms with Crippen LogP contribution in [-0.4, -0.2) is 33.8 Å². The molecule has 2 amide bonds. The van der Waals surface area contributed by atoms with Gasteiger partial charge in [-0.25, -0.2) is 14.8 Å². The number of aliphatic hydroxyl groups is 1. The number of aromatic nitrogens is 2. The van der Waals surface area contributed by atoms with Crippen LogP contribution in [0.1, 0.15) is 33.0 Å². The first-order valence-electron chi connectivity index (χ1n) is 6.55. The summed E-state index contributed by atoms with van der Waals surface area (Å²) in [6, 6.07) is -0.365. The summed E-state index contributed by atoms with van der Waals surface area (Å²) in [4.78, 5) is 19.7. The molecule has 1 heterocycles. The molecule has 1 rings (SSSR count). The topological polar surface area (TPSA) is 87.1 Å². The molecular weight excluding hydrogens is 244 g/mol. The summed E-state index contributed by atoms with van der Waals surface area (Å²) in [5.41, 5.74) is 0.535. The first-order valence-corrected chi connectivity index (χ1v) is 6.55. The number of carbonyl (C=O) groups excluding carboxylic acids is 1. The highest BCUT2D eigenvalue weighted by atomic mass is 16.3. The summed E-state index contributed by atoms with van der Waals surface area (Å²) in [5.74, 6) is 1.13. The van der Waals surface area contributed by atoms with Gasteiger partial charge in [-0.2, -0.15) is 0 Å². The van der Waals surface area contributed by atoms with Gasteiger partial charge in [-0.05, 0) is 12.3 Å². The number of amides is 2. The summed E-state index contributed by atoms with van der Waals surface area (Å²) in [6.07, 6.45) is 4.03. The second-order valence-corrected chi connectivity index (χ2v) is 4.86. The fourth-order valence-electron chi connectivity index (χ4n) is 1.62. The molecule has 0 aliphatic carbocycles. The third-order valence-electron chi connectivity index (χ3n) is 2.52. The van der Waals surface area contributed by atoms with Crippen molar-refractivity contribution >= 4 is 11.7 Å². The minimum absolute atomic E-state index is 0.234. The maximum Gasteiger partial charge on any atom is 0.319 e. The van der Waals surface area contributed by atoms with Gasteiger partial charge in [-0.3, -0.25) is 0 Å². The molecule has 0 fully saturated rings. The lowest BCUT2D eigenvalue weighted by atomic mass is 10.1. The average Bonchev–Trinajstić information content (AvgIpc) is 2.36. The van der Waals surface area contributed by atoms with Gasteiger partial charge in [0.05, 0.1) is 24.2 Å². The SMILES string of the molecule is CCc1ncc(NC(=O)NCC(O)CC(C)C)cn1. The molecule has 0 bridgehead atoms. The Morgan fingerprint density at radius 2 is 2.00 bits per heavy atom. The summed E-state index contributed by atoms with van der Waals surface area (Å²) in [7, 11) is 0. The Bertz CT molecular complexity index is 392. The van der Waals surface area contributed by atoms with Crippen molar-refractivity contribution in [2.75, 3.05) is 11.9 Å². The Hall–Kier alpha value is -1.69. The van der Waals surface area contributed by atoms with Crippen LogP contribution in [0.3, 0.4) is 0 Å². The van der Waals surface area contributed by atoms with Gasteiger partial charge in [0.25, 0.3) is 0 Å². The van der Waals surface area contributed by atoms with E-state index in [1.807, 2.05) is 20.8 Å². The number of hydrogen-bond donors (Lipinski definition) is 3. The van der Waals surface area contributed by atoms with Crippen molar-refractivity contribution < 1.29 is 9.90 Å². The van der Waals surface area contributed by atoms with Crippen molar-refractivity contribution in [3.8, 4) is 0 Å². The third-order valence-corrected chi connectivity index (χ3v) is 2.52. The standard InChI is InChI=1S/C13H22N4O2/c1-4-12-14-6-10(7-15-12)17-13(19)16-8-11(18)5-9(2)3/h6-7,9,11,18H,4-5,8H2,1-3H3,(H2,16,17,19). The number of aryl methyl sites for hydroxylation is 1. The molecule has 1 unspecified atom stereocenters. The van der Waals surface area contributed by atoms with Crippen LogP contribution in [0.25, 0.3) is 0 Å². The monoisotopic (exact) mass is 266 g/mol. The third kappa shape index (κ3) is 6.15. The van der Waals surface area contributed by atoms with Crippen molar-refractivity contribution in [1.29, 1.82) is 0 Å². The first kappa shape index (κ1) is 15.4. The van der Waals surface area contributed by atoms with E-state index < -0.39 is 6.10 Å². The summed E-state index contributed by atoms with van der Waals surface area (Å²) >= 11 is 0. The molecule has 0 aromatic carbocycles. The smallest absolute Gasteiger partial charge is 0.319 e. The summed E-state index contributed by atoms with van der Waals surface area (Å²) < 4.78 is 0. The largest absolute Gasteiger partial charge is 0.391 e. The Kier molecular flexibility index (Phi) is 6.21. The Morgan fingerprint density at radius 1 is 1.37 bits per heavy atom. The number of anilines is 1. The van der Waals surface area contributed by atoms with E-state index in [1.165, 1.54) is 0 Å². The van der Waals surface area contributed by atoms with Gasteiger partial charge in [0.2, 0.25) is 0 Å². The van der Waals surface area contributed by atoms with Crippen LogP contribution in [0.4, 0.5) is 10.5 Å². The summed E-state index contributed by atoms with van der Waals surface area (Å²) in [5, 5.41) is 14.9. The molecule has 1 aromatic rings. The number of carbonyl (C=O) groups is 1. The second-order valence-electron chi connectivity index (χ2n) is 4.86. The van der Waals surface area contributed by atoms with Crippen LogP contribution in [0, 0.1) is 5.92 Å². The van der Waals surface area contributed by atoms with Crippen molar-refractivity contribution in [2.24, 2.45) is 5.92 Å². The van der Waals surface area contributed by atoms with Gasteiger partial charge in [-0.1, -0.05) is 20.8 Å². The molecular formula is C13H22N4O2. The minimum Gasteiger partial charge on any atom is -0.391 e. The van der Waals surface area contributed by atoms with Gasteiger partial charge in [-0.15, -0.1) is 0 Å². The van der Waals surface area contributed by atoms with E-state index in [9.17, 15) is 9.90 Å². The Balaban J connectivity index is 2.34.